The molecular formula is C21H21F2N5O3. The molecule has 0 saturated heterocycles. The van der Waals surface area contributed by atoms with E-state index in [1.165, 1.54) is 23.7 Å². The normalized spacial score (nSPS) is 10.8. The third kappa shape index (κ3) is 5.68. The van der Waals surface area contributed by atoms with Gasteiger partial charge in [-0.3, -0.25) is 14.3 Å². The van der Waals surface area contributed by atoms with E-state index in [-0.39, 0.29) is 41.8 Å². The summed E-state index contributed by atoms with van der Waals surface area (Å²) in [7, 11) is 0. The van der Waals surface area contributed by atoms with Gasteiger partial charge in [-0.1, -0.05) is 18.2 Å². The maximum atomic E-state index is 14.1. The van der Waals surface area contributed by atoms with Crippen molar-refractivity contribution in [3.63, 3.8) is 0 Å². The van der Waals surface area contributed by atoms with Crippen LogP contribution in [0.25, 0.3) is 11.5 Å². The van der Waals surface area contributed by atoms with Crippen LogP contribution in [0.3, 0.4) is 0 Å². The SMILES string of the molecule is CC(=O)c1cc(-c2ncc(F)c(NCCCCC(=O)O)n2)nn1Cc1ccccc1F. The number of aliphatic carboxylic acids is 1. The van der Waals surface area contributed by atoms with Crippen LogP contribution in [0.1, 0.15) is 42.2 Å². The Kier molecular flexibility index (Phi) is 7.01. The average molecular weight is 429 g/mol. The molecule has 0 aliphatic heterocycles. The van der Waals surface area contributed by atoms with Crippen molar-refractivity contribution < 1.29 is 23.5 Å². The molecule has 0 saturated carbocycles. The number of nitrogens with zero attached hydrogens (tertiary/aromatic N) is 4. The average Bonchev–Trinajstić information content (AvgIpc) is 3.15. The number of nitrogens with one attached hydrogen (secondary N) is 1. The predicted octanol–water partition coefficient (Wildman–Crippen LogP) is 3.54. The van der Waals surface area contributed by atoms with Crippen molar-refractivity contribution in [2.24, 2.45) is 0 Å². The van der Waals surface area contributed by atoms with Crippen molar-refractivity contribution in [2.45, 2.75) is 32.7 Å². The second-order valence-corrected chi connectivity index (χ2v) is 6.89. The number of aromatic nitrogens is 4. The molecule has 3 aromatic rings. The molecule has 0 radical (unpaired) electrons. The van der Waals surface area contributed by atoms with E-state index in [0.717, 1.165) is 6.20 Å². The Balaban J connectivity index is 1.81. The number of halogens is 2. The number of carboxylic acids is 1. The Morgan fingerprint density at radius 3 is 2.65 bits per heavy atom. The van der Waals surface area contributed by atoms with Gasteiger partial charge in [0.15, 0.2) is 23.2 Å². The first-order valence-electron chi connectivity index (χ1n) is 9.66. The molecule has 0 aliphatic carbocycles. The number of rotatable bonds is 10. The molecule has 1 aromatic carbocycles. The number of benzene rings is 1. The summed E-state index contributed by atoms with van der Waals surface area (Å²) in [4.78, 5) is 30.7. The summed E-state index contributed by atoms with van der Waals surface area (Å²) < 4.78 is 29.4. The fraction of sp³-hybridized carbons (Fsp3) is 0.286. The Morgan fingerprint density at radius 1 is 1.16 bits per heavy atom. The van der Waals surface area contributed by atoms with E-state index in [4.69, 9.17) is 5.11 Å². The first-order chi connectivity index (χ1) is 14.8. The van der Waals surface area contributed by atoms with Gasteiger partial charge in [-0.2, -0.15) is 5.10 Å². The van der Waals surface area contributed by atoms with Crippen LogP contribution < -0.4 is 5.32 Å². The third-order valence-corrected chi connectivity index (χ3v) is 4.50. The van der Waals surface area contributed by atoms with Crippen LogP contribution in [0.5, 0.6) is 0 Å². The molecule has 0 bridgehead atoms. The van der Waals surface area contributed by atoms with Crippen molar-refractivity contribution in [3.8, 4) is 11.5 Å². The Hall–Kier alpha value is -3.69. The number of hydrogen-bond acceptors (Lipinski definition) is 6. The molecule has 8 nitrogen and oxygen atoms in total. The molecule has 31 heavy (non-hydrogen) atoms. The minimum Gasteiger partial charge on any atom is -0.481 e. The number of unbranched alkanes of at least 4 members (excludes halogenated alkanes) is 1. The molecule has 2 N–H and O–H groups in total. The highest BCUT2D eigenvalue weighted by molar-refractivity contribution is 5.93. The molecule has 0 fully saturated rings. The molecule has 0 atom stereocenters. The lowest BCUT2D eigenvalue weighted by atomic mass is 10.2. The van der Waals surface area contributed by atoms with E-state index in [1.54, 1.807) is 18.2 Å². The van der Waals surface area contributed by atoms with Crippen molar-refractivity contribution in [2.75, 3.05) is 11.9 Å². The number of carbonyl (C=O) groups is 2. The second kappa shape index (κ2) is 9.88. The predicted molar refractivity (Wildman–Crippen MR) is 109 cm³/mol. The lowest BCUT2D eigenvalue weighted by Crippen LogP contribution is -2.10. The number of ketones is 1. The summed E-state index contributed by atoms with van der Waals surface area (Å²) in [6.07, 6.45) is 2.00. The maximum Gasteiger partial charge on any atom is 0.303 e. The van der Waals surface area contributed by atoms with Gasteiger partial charge in [-0.15, -0.1) is 0 Å². The number of Topliss-reactive ketones (excluding diaryl/α,β-unsaturated/α-hetero) is 1. The molecule has 0 spiro atoms. The monoisotopic (exact) mass is 429 g/mol. The Labute approximate surface area is 177 Å². The molecule has 2 heterocycles. The fourth-order valence-electron chi connectivity index (χ4n) is 2.94. The van der Waals surface area contributed by atoms with Gasteiger partial charge in [-0.05, 0) is 25.0 Å². The zero-order valence-corrected chi connectivity index (χ0v) is 16.8. The van der Waals surface area contributed by atoms with Gasteiger partial charge in [0.05, 0.1) is 12.7 Å². The smallest absolute Gasteiger partial charge is 0.303 e. The third-order valence-electron chi connectivity index (χ3n) is 4.50. The van der Waals surface area contributed by atoms with Crippen LogP contribution in [0, 0.1) is 11.6 Å². The summed E-state index contributed by atoms with van der Waals surface area (Å²) in [6.45, 7) is 1.74. The van der Waals surface area contributed by atoms with Gasteiger partial charge in [-0.25, -0.2) is 18.7 Å². The minimum atomic E-state index is -0.886. The highest BCUT2D eigenvalue weighted by Gasteiger charge is 2.17. The van der Waals surface area contributed by atoms with Gasteiger partial charge in [0.25, 0.3) is 0 Å². The van der Waals surface area contributed by atoms with Gasteiger partial charge in [0.1, 0.15) is 17.2 Å². The summed E-state index contributed by atoms with van der Waals surface area (Å²) in [5.74, 6) is -2.18. The summed E-state index contributed by atoms with van der Waals surface area (Å²) >= 11 is 0. The van der Waals surface area contributed by atoms with E-state index in [2.05, 4.69) is 20.4 Å². The van der Waals surface area contributed by atoms with Crippen molar-refractivity contribution in [3.05, 3.63) is 59.4 Å². The summed E-state index contributed by atoms with van der Waals surface area (Å²) in [5.41, 5.74) is 0.855. The molecule has 3 rings (SSSR count). The molecule has 0 aliphatic rings. The van der Waals surface area contributed by atoms with Crippen LogP contribution in [-0.2, 0) is 11.3 Å². The minimum absolute atomic E-state index is 0.0342. The van der Waals surface area contributed by atoms with E-state index >= 15 is 0 Å². The van der Waals surface area contributed by atoms with E-state index in [0.29, 0.717) is 24.9 Å². The molecule has 0 amide bonds. The van der Waals surface area contributed by atoms with E-state index in [1.807, 2.05) is 0 Å². The zero-order chi connectivity index (χ0) is 22.4. The molecular weight excluding hydrogens is 408 g/mol. The number of hydrogen-bond donors (Lipinski definition) is 2. The van der Waals surface area contributed by atoms with Gasteiger partial charge < -0.3 is 10.4 Å². The largest absolute Gasteiger partial charge is 0.481 e. The Morgan fingerprint density at radius 2 is 1.94 bits per heavy atom. The van der Waals surface area contributed by atoms with Crippen LogP contribution in [0.15, 0.2) is 36.5 Å². The van der Waals surface area contributed by atoms with Gasteiger partial charge >= 0.3 is 5.97 Å². The molecule has 0 unspecified atom stereocenters. The molecule has 2 aromatic heterocycles. The Bertz CT molecular complexity index is 1100. The first-order valence-corrected chi connectivity index (χ1v) is 9.66. The molecule has 10 heteroatoms. The standard InChI is InChI=1S/C21H21F2N5O3/c1-13(29)18-10-17(27-28(18)12-14-6-2-3-7-15(14)22)21-25-11-16(23)20(26-21)24-9-5-4-8-19(30)31/h2-3,6-7,10-11H,4-5,8-9,12H2,1H3,(H,30,31)(H,24,25,26). The lowest BCUT2D eigenvalue weighted by molar-refractivity contribution is -0.137. The maximum absolute atomic E-state index is 14.1. The quantitative estimate of drug-likeness (QED) is 0.375. The fourth-order valence-corrected chi connectivity index (χ4v) is 2.94. The van der Waals surface area contributed by atoms with Gasteiger partial charge in [0.2, 0.25) is 0 Å². The highest BCUT2D eigenvalue weighted by Crippen LogP contribution is 2.20. The van der Waals surface area contributed by atoms with Crippen LogP contribution in [0.4, 0.5) is 14.6 Å². The van der Waals surface area contributed by atoms with Crippen molar-refractivity contribution >= 4 is 17.6 Å². The van der Waals surface area contributed by atoms with Crippen LogP contribution >= 0.6 is 0 Å². The second-order valence-electron chi connectivity index (χ2n) is 6.89. The van der Waals surface area contributed by atoms with E-state index < -0.39 is 17.6 Å². The molecule has 162 valence electrons. The topological polar surface area (TPSA) is 110 Å². The van der Waals surface area contributed by atoms with Gasteiger partial charge in [0, 0.05) is 25.5 Å². The summed E-state index contributed by atoms with van der Waals surface area (Å²) in [5, 5.41) is 15.8. The zero-order valence-electron chi connectivity index (χ0n) is 16.8. The number of carboxylic acid groups (broad SMARTS) is 1. The van der Waals surface area contributed by atoms with Crippen LogP contribution in [-0.4, -0.2) is 43.2 Å². The lowest BCUT2D eigenvalue weighted by Gasteiger charge is -2.07. The highest BCUT2D eigenvalue weighted by atomic mass is 19.1. The number of carbonyl (C=O) groups excluding carboxylic acids is 1. The first kappa shape index (κ1) is 22.0. The van der Waals surface area contributed by atoms with Crippen LogP contribution in [0.2, 0.25) is 0 Å². The van der Waals surface area contributed by atoms with Crippen molar-refractivity contribution in [1.29, 1.82) is 0 Å². The number of anilines is 1. The van der Waals surface area contributed by atoms with E-state index in [9.17, 15) is 18.4 Å². The van der Waals surface area contributed by atoms with Crippen molar-refractivity contribution in [1.82, 2.24) is 19.7 Å². The summed E-state index contributed by atoms with van der Waals surface area (Å²) in [6, 6.07) is 7.66.